The fraction of sp³-hybridized carbons (Fsp3) is 0.389. The molecular weight excluding hydrogens is 356 g/mol. The predicted molar refractivity (Wildman–Crippen MR) is 96.4 cm³/mol. The van der Waals surface area contributed by atoms with Gasteiger partial charge in [0.05, 0.1) is 31.9 Å². The molecule has 1 saturated heterocycles. The summed E-state index contributed by atoms with van der Waals surface area (Å²) in [5.41, 5.74) is 1.65. The fourth-order valence-electron chi connectivity index (χ4n) is 2.67. The first-order valence-electron chi connectivity index (χ1n) is 8.36. The van der Waals surface area contributed by atoms with Crippen LogP contribution in [0.15, 0.2) is 29.6 Å². The lowest BCUT2D eigenvalue weighted by Crippen LogP contribution is -2.49. The van der Waals surface area contributed by atoms with Gasteiger partial charge in [0.2, 0.25) is 5.91 Å². The maximum atomic E-state index is 12.4. The van der Waals surface area contributed by atoms with Crippen LogP contribution in [0.5, 0.6) is 5.75 Å². The number of hydrogen-bond acceptors (Lipinski definition) is 6. The number of benzene rings is 1. The molecule has 1 amide bonds. The zero-order valence-electron chi connectivity index (χ0n) is 14.4. The average molecular weight is 376 g/mol. The predicted octanol–water partition coefficient (Wildman–Crippen LogP) is 2.06. The SMILES string of the molecule is CCOc1ccc(-c2nc(CC(=O)N3CCO[C@@H](C(=O)O)C3)cs2)cc1. The summed E-state index contributed by atoms with van der Waals surface area (Å²) < 4.78 is 10.6. The van der Waals surface area contributed by atoms with E-state index < -0.39 is 12.1 Å². The van der Waals surface area contributed by atoms with Crippen molar-refractivity contribution in [3.63, 3.8) is 0 Å². The molecule has 0 saturated carbocycles. The van der Waals surface area contributed by atoms with Gasteiger partial charge in [0.25, 0.3) is 0 Å². The lowest BCUT2D eigenvalue weighted by atomic mass is 10.2. The van der Waals surface area contributed by atoms with Gasteiger partial charge in [-0.25, -0.2) is 9.78 Å². The molecule has 2 aromatic rings. The number of carbonyl (C=O) groups excluding carboxylic acids is 1. The van der Waals surface area contributed by atoms with E-state index in [1.807, 2.05) is 36.6 Å². The topological polar surface area (TPSA) is 89.0 Å². The number of carbonyl (C=O) groups is 2. The van der Waals surface area contributed by atoms with Gasteiger partial charge in [0.15, 0.2) is 6.10 Å². The zero-order chi connectivity index (χ0) is 18.5. The van der Waals surface area contributed by atoms with Crippen LogP contribution in [0.1, 0.15) is 12.6 Å². The lowest BCUT2D eigenvalue weighted by Gasteiger charge is -2.30. The third kappa shape index (κ3) is 4.39. The number of thiazole rings is 1. The second kappa shape index (κ2) is 8.29. The molecule has 1 N–H and O–H groups in total. The number of rotatable bonds is 6. The van der Waals surface area contributed by atoms with Gasteiger partial charge in [-0.15, -0.1) is 11.3 Å². The Morgan fingerprint density at radius 1 is 1.38 bits per heavy atom. The molecule has 1 aliphatic heterocycles. The van der Waals surface area contributed by atoms with Crippen LogP contribution in [-0.2, 0) is 20.7 Å². The average Bonchev–Trinajstić information content (AvgIpc) is 3.11. The molecule has 7 nitrogen and oxygen atoms in total. The minimum absolute atomic E-state index is 0.0735. The first kappa shape index (κ1) is 18.3. The van der Waals surface area contributed by atoms with Crippen molar-refractivity contribution in [3.05, 3.63) is 35.3 Å². The van der Waals surface area contributed by atoms with Crippen molar-refractivity contribution in [2.45, 2.75) is 19.4 Å². The summed E-state index contributed by atoms with van der Waals surface area (Å²) >= 11 is 1.47. The number of amides is 1. The smallest absolute Gasteiger partial charge is 0.334 e. The summed E-state index contributed by atoms with van der Waals surface area (Å²) in [5.74, 6) is -0.374. The van der Waals surface area contributed by atoms with E-state index in [0.717, 1.165) is 16.3 Å². The highest BCUT2D eigenvalue weighted by Gasteiger charge is 2.29. The second-order valence-electron chi connectivity index (χ2n) is 5.82. The Hall–Kier alpha value is -2.45. The minimum atomic E-state index is -1.05. The van der Waals surface area contributed by atoms with Crippen molar-refractivity contribution in [1.29, 1.82) is 0 Å². The fourth-order valence-corrected chi connectivity index (χ4v) is 3.50. The Labute approximate surface area is 155 Å². The van der Waals surface area contributed by atoms with Crippen LogP contribution in [0.25, 0.3) is 10.6 Å². The Kier molecular flexibility index (Phi) is 5.85. The number of aliphatic carboxylic acids is 1. The second-order valence-corrected chi connectivity index (χ2v) is 6.67. The van der Waals surface area contributed by atoms with Crippen LogP contribution in [0, 0.1) is 0 Å². The van der Waals surface area contributed by atoms with E-state index in [0.29, 0.717) is 18.8 Å². The van der Waals surface area contributed by atoms with Crippen molar-refractivity contribution in [2.24, 2.45) is 0 Å². The molecule has 26 heavy (non-hydrogen) atoms. The molecule has 8 heteroatoms. The third-order valence-electron chi connectivity index (χ3n) is 3.99. The third-order valence-corrected chi connectivity index (χ3v) is 4.93. The largest absolute Gasteiger partial charge is 0.494 e. The summed E-state index contributed by atoms with van der Waals surface area (Å²) in [7, 11) is 0. The Morgan fingerprint density at radius 3 is 2.85 bits per heavy atom. The molecule has 3 rings (SSSR count). The van der Waals surface area contributed by atoms with E-state index in [1.54, 1.807) is 0 Å². The van der Waals surface area contributed by atoms with E-state index >= 15 is 0 Å². The van der Waals surface area contributed by atoms with E-state index in [4.69, 9.17) is 14.6 Å². The first-order chi connectivity index (χ1) is 12.6. The number of carboxylic acid groups (broad SMARTS) is 1. The van der Waals surface area contributed by atoms with Gasteiger partial charge >= 0.3 is 5.97 Å². The molecule has 1 fully saturated rings. The number of ether oxygens (including phenoxy) is 2. The van der Waals surface area contributed by atoms with Crippen LogP contribution < -0.4 is 4.74 Å². The van der Waals surface area contributed by atoms with Crippen LogP contribution in [0.4, 0.5) is 0 Å². The van der Waals surface area contributed by atoms with E-state index in [2.05, 4.69) is 4.98 Å². The van der Waals surface area contributed by atoms with E-state index in [9.17, 15) is 9.59 Å². The molecule has 0 bridgehead atoms. The number of aromatic nitrogens is 1. The minimum Gasteiger partial charge on any atom is -0.494 e. The van der Waals surface area contributed by atoms with Crippen molar-refractivity contribution < 1.29 is 24.2 Å². The first-order valence-corrected chi connectivity index (χ1v) is 9.24. The maximum absolute atomic E-state index is 12.4. The molecule has 0 radical (unpaired) electrons. The van der Waals surface area contributed by atoms with Gasteiger partial charge in [0.1, 0.15) is 10.8 Å². The van der Waals surface area contributed by atoms with Crippen molar-refractivity contribution in [1.82, 2.24) is 9.88 Å². The van der Waals surface area contributed by atoms with Crippen LogP contribution in [0.2, 0.25) is 0 Å². The molecule has 1 aliphatic rings. The molecule has 138 valence electrons. The highest BCUT2D eigenvalue weighted by Crippen LogP contribution is 2.26. The van der Waals surface area contributed by atoms with Crippen LogP contribution >= 0.6 is 11.3 Å². The molecule has 1 aromatic carbocycles. The summed E-state index contributed by atoms with van der Waals surface area (Å²) in [6.07, 6.45) is -0.803. The van der Waals surface area contributed by atoms with Crippen molar-refractivity contribution >= 4 is 23.2 Å². The van der Waals surface area contributed by atoms with Gasteiger partial charge < -0.3 is 19.5 Å². The van der Waals surface area contributed by atoms with Gasteiger partial charge in [-0.1, -0.05) is 0 Å². The lowest BCUT2D eigenvalue weighted by molar-refractivity contribution is -0.159. The Bertz CT molecular complexity index is 774. The van der Waals surface area contributed by atoms with Crippen LogP contribution in [0.3, 0.4) is 0 Å². The normalized spacial score (nSPS) is 17.1. The summed E-state index contributed by atoms with van der Waals surface area (Å²) in [5, 5.41) is 11.7. The van der Waals surface area contributed by atoms with E-state index in [-0.39, 0.29) is 25.5 Å². The molecule has 0 spiro atoms. The molecule has 2 heterocycles. The highest BCUT2D eigenvalue weighted by molar-refractivity contribution is 7.13. The number of hydrogen-bond donors (Lipinski definition) is 1. The van der Waals surface area contributed by atoms with E-state index in [1.165, 1.54) is 16.2 Å². The number of morpholine rings is 1. The van der Waals surface area contributed by atoms with Crippen molar-refractivity contribution in [3.8, 4) is 16.3 Å². The maximum Gasteiger partial charge on any atom is 0.334 e. The number of nitrogens with zero attached hydrogens (tertiary/aromatic N) is 2. The summed E-state index contributed by atoms with van der Waals surface area (Å²) in [4.78, 5) is 29.5. The summed E-state index contributed by atoms with van der Waals surface area (Å²) in [6, 6.07) is 7.67. The molecule has 0 unspecified atom stereocenters. The summed E-state index contributed by atoms with van der Waals surface area (Å²) in [6.45, 7) is 3.26. The monoisotopic (exact) mass is 376 g/mol. The number of carboxylic acids is 1. The molecule has 1 atom stereocenters. The molecule has 1 aromatic heterocycles. The van der Waals surface area contributed by atoms with Gasteiger partial charge in [0, 0.05) is 17.5 Å². The highest BCUT2D eigenvalue weighted by atomic mass is 32.1. The van der Waals surface area contributed by atoms with Crippen LogP contribution in [-0.4, -0.2) is 59.3 Å². The van der Waals surface area contributed by atoms with Crippen molar-refractivity contribution in [2.75, 3.05) is 26.3 Å². The molecule has 0 aliphatic carbocycles. The van der Waals surface area contributed by atoms with Gasteiger partial charge in [-0.05, 0) is 31.2 Å². The Balaban J connectivity index is 1.62. The standard InChI is InChI=1S/C18H20N2O5S/c1-2-24-14-5-3-12(4-6-14)17-19-13(11-26-17)9-16(21)20-7-8-25-15(10-20)18(22)23/h3-6,11,15H,2,7-10H2,1H3,(H,22,23)/t15-/m1/s1. The quantitative estimate of drug-likeness (QED) is 0.830. The van der Waals surface area contributed by atoms with Gasteiger partial charge in [-0.3, -0.25) is 4.79 Å². The molecular formula is C18H20N2O5S. The van der Waals surface area contributed by atoms with Gasteiger partial charge in [-0.2, -0.15) is 0 Å². The Morgan fingerprint density at radius 2 is 2.15 bits per heavy atom. The zero-order valence-corrected chi connectivity index (χ0v) is 15.2.